The molecular weight excluding hydrogens is 456 g/mol. The van der Waals surface area contributed by atoms with Gasteiger partial charge in [0.15, 0.2) is 11.5 Å². The fourth-order valence-electron chi connectivity index (χ4n) is 4.09. The summed E-state index contributed by atoms with van der Waals surface area (Å²) in [4.78, 5) is 17.8. The molecule has 0 saturated carbocycles. The normalized spacial score (nSPS) is 10.9. The van der Waals surface area contributed by atoms with Crippen LogP contribution in [0.5, 0.6) is 23.0 Å². The Morgan fingerprint density at radius 3 is 2.28 bits per heavy atom. The standard InChI is InChI=1S/C29H28N2O5/c1-6-13-36-22-11-12-24-23(16-22)27(21-9-7-20(8-10-21)18(2)3)30-29(33)31(24)17-19-14-25(34-4)28(32)26(15-19)35-5/h1,7-12,14-16,18,32H,13,17H2,2-5H3. The summed E-state index contributed by atoms with van der Waals surface area (Å²) in [5.41, 5.74) is 3.56. The maximum Gasteiger partial charge on any atom is 0.348 e. The zero-order valence-corrected chi connectivity index (χ0v) is 20.7. The van der Waals surface area contributed by atoms with Crippen molar-refractivity contribution in [2.24, 2.45) is 0 Å². The summed E-state index contributed by atoms with van der Waals surface area (Å²) in [6.45, 7) is 4.58. The number of methoxy groups -OCH3 is 2. The molecule has 0 saturated heterocycles. The lowest BCUT2D eigenvalue weighted by Gasteiger charge is -2.16. The van der Waals surface area contributed by atoms with E-state index in [9.17, 15) is 9.90 Å². The van der Waals surface area contributed by atoms with Gasteiger partial charge in [-0.2, -0.15) is 4.98 Å². The van der Waals surface area contributed by atoms with Crippen molar-refractivity contribution in [1.29, 1.82) is 0 Å². The topological polar surface area (TPSA) is 82.8 Å². The van der Waals surface area contributed by atoms with Crippen LogP contribution in [-0.4, -0.2) is 35.5 Å². The van der Waals surface area contributed by atoms with E-state index in [1.54, 1.807) is 22.8 Å². The Labute approximate surface area is 209 Å². The van der Waals surface area contributed by atoms with E-state index < -0.39 is 5.69 Å². The predicted octanol–water partition coefficient (Wildman–Crippen LogP) is 4.97. The van der Waals surface area contributed by atoms with Crippen LogP contribution < -0.4 is 19.9 Å². The van der Waals surface area contributed by atoms with Gasteiger partial charge in [0.05, 0.1) is 32.0 Å². The summed E-state index contributed by atoms with van der Waals surface area (Å²) in [5.74, 6) is 3.84. The highest BCUT2D eigenvalue weighted by Crippen LogP contribution is 2.37. The zero-order chi connectivity index (χ0) is 25.8. The molecule has 0 unspecified atom stereocenters. The highest BCUT2D eigenvalue weighted by Gasteiger charge is 2.17. The minimum absolute atomic E-state index is 0.102. The number of aromatic hydroxyl groups is 1. The number of benzene rings is 3. The van der Waals surface area contributed by atoms with Crippen LogP contribution >= 0.6 is 0 Å². The summed E-state index contributed by atoms with van der Waals surface area (Å²) in [6.07, 6.45) is 5.37. The molecule has 4 rings (SSSR count). The van der Waals surface area contributed by atoms with Crippen molar-refractivity contribution < 1.29 is 19.3 Å². The summed E-state index contributed by atoms with van der Waals surface area (Å²) in [7, 11) is 2.91. The van der Waals surface area contributed by atoms with Gasteiger partial charge < -0.3 is 19.3 Å². The van der Waals surface area contributed by atoms with Crippen LogP contribution in [0.2, 0.25) is 0 Å². The van der Waals surface area contributed by atoms with Crippen LogP contribution in [0.1, 0.15) is 30.9 Å². The van der Waals surface area contributed by atoms with Crippen molar-refractivity contribution in [3.8, 4) is 46.6 Å². The Morgan fingerprint density at radius 1 is 1.03 bits per heavy atom. The maximum absolute atomic E-state index is 13.3. The van der Waals surface area contributed by atoms with E-state index in [-0.39, 0.29) is 30.4 Å². The largest absolute Gasteiger partial charge is 0.502 e. The van der Waals surface area contributed by atoms with Gasteiger partial charge >= 0.3 is 5.69 Å². The second kappa shape index (κ2) is 10.4. The van der Waals surface area contributed by atoms with Crippen LogP contribution in [0.15, 0.2) is 59.4 Å². The molecule has 0 aliphatic heterocycles. The van der Waals surface area contributed by atoms with Crippen LogP contribution in [-0.2, 0) is 6.54 Å². The molecule has 184 valence electrons. The highest BCUT2D eigenvalue weighted by atomic mass is 16.5. The smallest absolute Gasteiger partial charge is 0.348 e. The molecule has 0 atom stereocenters. The number of rotatable bonds is 8. The fraction of sp³-hybridized carbons (Fsp3) is 0.241. The summed E-state index contributed by atoms with van der Waals surface area (Å²) < 4.78 is 17.8. The molecule has 0 radical (unpaired) electrons. The first-order valence-electron chi connectivity index (χ1n) is 11.5. The van der Waals surface area contributed by atoms with Gasteiger partial charge in [0.1, 0.15) is 12.4 Å². The molecule has 0 spiro atoms. The Balaban J connectivity index is 1.89. The molecule has 1 heterocycles. The van der Waals surface area contributed by atoms with Gasteiger partial charge in [-0.05, 0) is 47.4 Å². The van der Waals surface area contributed by atoms with Crippen molar-refractivity contribution in [3.05, 3.63) is 76.2 Å². The molecule has 0 fully saturated rings. The monoisotopic (exact) mass is 484 g/mol. The van der Waals surface area contributed by atoms with E-state index in [4.69, 9.17) is 20.6 Å². The third-order valence-corrected chi connectivity index (χ3v) is 6.01. The van der Waals surface area contributed by atoms with Crippen molar-refractivity contribution >= 4 is 10.9 Å². The molecule has 3 aromatic carbocycles. The van der Waals surface area contributed by atoms with Gasteiger partial charge in [0, 0.05) is 10.9 Å². The van der Waals surface area contributed by atoms with Gasteiger partial charge in [0.25, 0.3) is 0 Å². The van der Waals surface area contributed by atoms with Gasteiger partial charge in [0.2, 0.25) is 5.75 Å². The second-order valence-electron chi connectivity index (χ2n) is 8.63. The molecule has 7 nitrogen and oxygen atoms in total. The third kappa shape index (κ3) is 4.84. The Kier molecular flexibility index (Phi) is 7.16. The van der Waals surface area contributed by atoms with Gasteiger partial charge in [-0.3, -0.25) is 4.57 Å². The number of terminal acetylenes is 1. The molecule has 0 bridgehead atoms. The van der Waals surface area contributed by atoms with Crippen LogP contribution in [0.4, 0.5) is 0 Å². The lowest BCUT2D eigenvalue weighted by molar-refractivity contribution is 0.339. The van der Waals surface area contributed by atoms with Crippen LogP contribution in [0.3, 0.4) is 0 Å². The Bertz CT molecular complexity index is 1470. The lowest BCUT2D eigenvalue weighted by atomic mass is 9.99. The van der Waals surface area contributed by atoms with E-state index in [1.807, 2.05) is 36.4 Å². The summed E-state index contributed by atoms with van der Waals surface area (Å²) in [6, 6.07) is 16.8. The lowest BCUT2D eigenvalue weighted by Crippen LogP contribution is -2.24. The van der Waals surface area contributed by atoms with Crippen molar-refractivity contribution in [3.63, 3.8) is 0 Å². The van der Waals surface area contributed by atoms with Gasteiger partial charge in [-0.25, -0.2) is 4.79 Å². The summed E-state index contributed by atoms with van der Waals surface area (Å²) in [5, 5.41) is 11.0. The number of phenols is 1. The molecule has 7 heteroatoms. The van der Waals surface area contributed by atoms with Crippen molar-refractivity contribution in [2.75, 3.05) is 20.8 Å². The van der Waals surface area contributed by atoms with E-state index in [0.717, 1.165) is 10.9 Å². The minimum atomic E-state index is -0.409. The average Bonchev–Trinajstić information content (AvgIpc) is 2.89. The number of fused-ring (bicyclic) bond motifs is 1. The average molecular weight is 485 g/mol. The molecular formula is C29H28N2O5. The predicted molar refractivity (Wildman–Crippen MR) is 140 cm³/mol. The van der Waals surface area contributed by atoms with Crippen molar-refractivity contribution in [1.82, 2.24) is 9.55 Å². The van der Waals surface area contributed by atoms with E-state index in [2.05, 4.69) is 24.8 Å². The first-order chi connectivity index (χ1) is 17.4. The first kappa shape index (κ1) is 24.7. The first-order valence-corrected chi connectivity index (χ1v) is 11.5. The van der Waals surface area contributed by atoms with Crippen molar-refractivity contribution in [2.45, 2.75) is 26.3 Å². The van der Waals surface area contributed by atoms with Crippen LogP contribution in [0, 0.1) is 12.3 Å². The molecule has 0 amide bonds. The number of hydrogen-bond acceptors (Lipinski definition) is 6. The minimum Gasteiger partial charge on any atom is -0.502 e. The number of ether oxygens (including phenoxy) is 3. The van der Waals surface area contributed by atoms with E-state index in [1.165, 1.54) is 19.8 Å². The third-order valence-electron chi connectivity index (χ3n) is 6.01. The number of aromatic nitrogens is 2. The van der Waals surface area contributed by atoms with E-state index >= 15 is 0 Å². The number of nitrogens with zero attached hydrogens (tertiary/aromatic N) is 2. The molecule has 4 aromatic rings. The molecule has 36 heavy (non-hydrogen) atoms. The Morgan fingerprint density at radius 2 is 1.69 bits per heavy atom. The fourth-order valence-corrected chi connectivity index (χ4v) is 4.09. The molecule has 0 aliphatic carbocycles. The number of hydrogen-bond donors (Lipinski definition) is 1. The highest BCUT2D eigenvalue weighted by molar-refractivity contribution is 5.93. The quantitative estimate of drug-likeness (QED) is 0.356. The van der Waals surface area contributed by atoms with E-state index in [0.29, 0.717) is 28.4 Å². The maximum atomic E-state index is 13.3. The summed E-state index contributed by atoms with van der Waals surface area (Å²) >= 11 is 0. The van der Waals surface area contributed by atoms with Crippen LogP contribution in [0.25, 0.3) is 22.2 Å². The zero-order valence-electron chi connectivity index (χ0n) is 20.7. The number of phenolic OH excluding ortho intramolecular Hbond substituents is 1. The molecule has 1 aromatic heterocycles. The van der Waals surface area contributed by atoms with Gasteiger partial charge in [-0.15, -0.1) is 6.42 Å². The second-order valence-corrected chi connectivity index (χ2v) is 8.63. The molecule has 0 aliphatic rings. The SMILES string of the molecule is C#CCOc1ccc2c(c1)c(-c1ccc(C(C)C)cc1)nc(=O)n2Cc1cc(OC)c(O)c(OC)c1. The van der Waals surface area contributed by atoms with Gasteiger partial charge in [-0.1, -0.05) is 44.0 Å². The Hall–Kier alpha value is -4.44. The molecule has 1 N–H and O–H groups in total.